The Morgan fingerprint density at radius 1 is 1.21 bits per heavy atom. The van der Waals surface area contributed by atoms with Crippen molar-refractivity contribution in [3.63, 3.8) is 0 Å². The Morgan fingerprint density at radius 3 is 2.71 bits per heavy atom. The third kappa shape index (κ3) is 4.62. The number of amides is 1. The molecular weight excluding hydrogens is 304 g/mol. The highest BCUT2D eigenvalue weighted by Crippen LogP contribution is 2.14. The lowest BCUT2D eigenvalue weighted by Gasteiger charge is -2.17. The molecule has 1 aromatic carbocycles. The molecule has 1 N–H and O–H groups in total. The van der Waals surface area contributed by atoms with Crippen LogP contribution in [0.25, 0.3) is 0 Å². The van der Waals surface area contributed by atoms with E-state index in [1.807, 2.05) is 11.9 Å². The second kappa shape index (κ2) is 8.19. The monoisotopic (exact) mass is 326 g/mol. The topological polar surface area (TPSA) is 75.2 Å². The first-order valence-electron chi connectivity index (χ1n) is 7.96. The van der Waals surface area contributed by atoms with E-state index < -0.39 is 0 Å². The molecule has 0 saturated carbocycles. The zero-order valence-corrected chi connectivity index (χ0v) is 14.2. The smallest absolute Gasteiger partial charge is 0.274 e. The van der Waals surface area contributed by atoms with Gasteiger partial charge < -0.3 is 10.2 Å². The summed E-state index contributed by atoms with van der Waals surface area (Å²) in [6, 6.07) is 8.50. The van der Waals surface area contributed by atoms with E-state index in [0.29, 0.717) is 17.1 Å². The fourth-order valence-corrected chi connectivity index (χ4v) is 2.20. The van der Waals surface area contributed by atoms with Crippen molar-refractivity contribution in [2.75, 3.05) is 23.8 Å². The van der Waals surface area contributed by atoms with Crippen LogP contribution in [-0.2, 0) is 0 Å². The summed E-state index contributed by atoms with van der Waals surface area (Å²) < 4.78 is 0. The largest absolute Gasteiger partial charge is 0.360 e. The van der Waals surface area contributed by atoms with Crippen molar-refractivity contribution in [2.45, 2.75) is 26.7 Å². The van der Waals surface area contributed by atoms with Gasteiger partial charge in [0.1, 0.15) is 17.8 Å². The van der Waals surface area contributed by atoms with E-state index in [9.17, 15) is 9.59 Å². The maximum absolute atomic E-state index is 12.4. The fourth-order valence-electron chi connectivity index (χ4n) is 2.20. The molecule has 6 nitrogen and oxygen atoms in total. The number of Topliss-reactive ketones (excluding diaryl/α,β-unsaturated/α-hetero) is 1. The van der Waals surface area contributed by atoms with Crippen LogP contribution in [0.2, 0.25) is 0 Å². The third-order valence-electron chi connectivity index (χ3n) is 3.65. The van der Waals surface area contributed by atoms with Crippen LogP contribution in [0.4, 0.5) is 11.5 Å². The van der Waals surface area contributed by atoms with Gasteiger partial charge >= 0.3 is 0 Å². The SMILES string of the molecule is CCCCN(C)c1cc(C(=O)Nc2cccc(C(C)=O)c2)ncn1. The van der Waals surface area contributed by atoms with Gasteiger partial charge in [0.2, 0.25) is 0 Å². The van der Waals surface area contributed by atoms with Crippen LogP contribution >= 0.6 is 0 Å². The van der Waals surface area contributed by atoms with Crippen LogP contribution in [0.5, 0.6) is 0 Å². The lowest BCUT2D eigenvalue weighted by Crippen LogP contribution is -2.21. The minimum Gasteiger partial charge on any atom is -0.360 e. The molecule has 2 aromatic rings. The van der Waals surface area contributed by atoms with E-state index in [1.165, 1.54) is 13.3 Å². The van der Waals surface area contributed by atoms with Crippen molar-refractivity contribution in [3.8, 4) is 0 Å². The number of hydrogen-bond donors (Lipinski definition) is 1. The van der Waals surface area contributed by atoms with Crippen LogP contribution in [0.15, 0.2) is 36.7 Å². The summed E-state index contributed by atoms with van der Waals surface area (Å²) in [5.74, 6) is 0.331. The Kier molecular flexibility index (Phi) is 6.01. The second-order valence-electron chi connectivity index (χ2n) is 5.63. The van der Waals surface area contributed by atoms with Crippen LogP contribution in [0.3, 0.4) is 0 Å². The van der Waals surface area contributed by atoms with Crippen molar-refractivity contribution < 1.29 is 9.59 Å². The number of unbranched alkanes of at least 4 members (excludes halogenated alkanes) is 1. The Morgan fingerprint density at radius 2 is 2.00 bits per heavy atom. The molecule has 1 aromatic heterocycles. The summed E-state index contributed by atoms with van der Waals surface area (Å²) in [4.78, 5) is 34.0. The number of rotatable bonds is 7. The normalized spacial score (nSPS) is 10.3. The predicted molar refractivity (Wildman–Crippen MR) is 94.6 cm³/mol. The minimum absolute atomic E-state index is 0.0482. The number of carbonyl (C=O) groups excluding carboxylic acids is 2. The zero-order chi connectivity index (χ0) is 17.5. The molecule has 0 saturated heterocycles. The molecule has 1 amide bonds. The standard InChI is InChI=1S/C18H22N4O2/c1-4-5-9-22(3)17-11-16(19-12-20-17)18(24)21-15-8-6-7-14(10-15)13(2)23/h6-8,10-12H,4-5,9H2,1-3H3,(H,21,24). The van der Waals surface area contributed by atoms with E-state index in [-0.39, 0.29) is 17.4 Å². The van der Waals surface area contributed by atoms with Gasteiger partial charge in [-0.25, -0.2) is 9.97 Å². The third-order valence-corrected chi connectivity index (χ3v) is 3.65. The van der Waals surface area contributed by atoms with Crippen LogP contribution in [0, 0.1) is 0 Å². The summed E-state index contributed by atoms with van der Waals surface area (Å²) in [6.07, 6.45) is 3.54. The average Bonchev–Trinajstić information content (AvgIpc) is 2.60. The Hall–Kier alpha value is -2.76. The second-order valence-corrected chi connectivity index (χ2v) is 5.63. The highest BCUT2D eigenvalue weighted by atomic mass is 16.2. The van der Waals surface area contributed by atoms with E-state index in [0.717, 1.165) is 19.4 Å². The van der Waals surface area contributed by atoms with E-state index in [1.54, 1.807) is 30.3 Å². The maximum Gasteiger partial charge on any atom is 0.274 e. The number of ketones is 1. The molecule has 24 heavy (non-hydrogen) atoms. The molecule has 0 spiro atoms. The molecule has 0 bridgehead atoms. The van der Waals surface area contributed by atoms with Gasteiger partial charge in [-0.1, -0.05) is 25.5 Å². The zero-order valence-electron chi connectivity index (χ0n) is 14.2. The Labute approximate surface area is 141 Å². The Bertz CT molecular complexity index is 730. The number of nitrogens with one attached hydrogen (secondary N) is 1. The summed E-state index contributed by atoms with van der Waals surface area (Å²) in [7, 11) is 1.94. The van der Waals surface area contributed by atoms with Gasteiger partial charge in [0.15, 0.2) is 5.78 Å². The van der Waals surface area contributed by atoms with Gasteiger partial charge in [0, 0.05) is 30.9 Å². The first-order valence-corrected chi connectivity index (χ1v) is 7.96. The average molecular weight is 326 g/mol. The minimum atomic E-state index is -0.330. The number of hydrogen-bond acceptors (Lipinski definition) is 5. The fraction of sp³-hybridized carbons (Fsp3) is 0.333. The summed E-state index contributed by atoms with van der Waals surface area (Å²) in [6.45, 7) is 4.49. The molecule has 0 radical (unpaired) electrons. The summed E-state index contributed by atoms with van der Waals surface area (Å²) in [5, 5.41) is 2.76. The van der Waals surface area contributed by atoms with Gasteiger partial charge in [-0.05, 0) is 25.5 Å². The van der Waals surface area contributed by atoms with Crippen molar-refractivity contribution in [1.82, 2.24) is 9.97 Å². The molecule has 1 heterocycles. The summed E-state index contributed by atoms with van der Waals surface area (Å²) >= 11 is 0. The predicted octanol–water partition coefficient (Wildman–Crippen LogP) is 3.17. The number of benzene rings is 1. The highest BCUT2D eigenvalue weighted by Gasteiger charge is 2.12. The van der Waals surface area contributed by atoms with Gasteiger partial charge in [0.05, 0.1) is 0 Å². The van der Waals surface area contributed by atoms with Crippen molar-refractivity contribution >= 4 is 23.2 Å². The van der Waals surface area contributed by atoms with Gasteiger partial charge in [0.25, 0.3) is 5.91 Å². The van der Waals surface area contributed by atoms with Crippen LogP contribution in [0.1, 0.15) is 47.5 Å². The van der Waals surface area contributed by atoms with Crippen LogP contribution < -0.4 is 10.2 Å². The molecule has 0 unspecified atom stereocenters. The molecule has 0 aliphatic carbocycles. The number of anilines is 2. The van der Waals surface area contributed by atoms with Gasteiger partial charge in [-0.2, -0.15) is 0 Å². The van der Waals surface area contributed by atoms with Gasteiger partial charge in [-0.3, -0.25) is 9.59 Å². The molecule has 126 valence electrons. The Balaban J connectivity index is 2.12. The molecule has 2 rings (SSSR count). The van der Waals surface area contributed by atoms with Crippen molar-refractivity contribution in [1.29, 1.82) is 0 Å². The maximum atomic E-state index is 12.4. The quantitative estimate of drug-likeness (QED) is 0.791. The van der Waals surface area contributed by atoms with Crippen molar-refractivity contribution in [2.24, 2.45) is 0 Å². The molecular formula is C18H22N4O2. The molecule has 0 aliphatic rings. The van der Waals surface area contributed by atoms with E-state index >= 15 is 0 Å². The first kappa shape index (κ1) is 17.6. The van der Waals surface area contributed by atoms with Crippen LogP contribution in [-0.4, -0.2) is 35.3 Å². The lowest BCUT2D eigenvalue weighted by molar-refractivity contribution is 0.100. The molecule has 6 heteroatoms. The highest BCUT2D eigenvalue weighted by molar-refractivity contribution is 6.04. The number of aromatic nitrogens is 2. The van der Waals surface area contributed by atoms with Gasteiger partial charge in [-0.15, -0.1) is 0 Å². The number of nitrogens with zero attached hydrogens (tertiary/aromatic N) is 3. The van der Waals surface area contributed by atoms with Crippen molar-refractivity contribution in [3.05, 3.63) is 47.9 Å². The van der Waals surface area contributed by atoms with E-state index in [4.69, 9.17) is 0 Å². The summed E-state index contributed by atoms with van der Waals surface area (Å²) in [5.41, 5.74) is 1.40. The first-order chi connectivity index (χ1) is 11.5. The lowest BCUT2D eigenvalue weighted by atomic mass is 10.1. The van der Waals surface area contributed by atoms with E-state index in [2.05, 4.69) is 22.2 Å². The molecule has 0 atom stereocenters. The molecule has 0 aliphatic heterocycles. The molecule has 0 fully saturated rings. The number of carbonyl (C=O) groups is 2.